The van der Waals surface area contributed by atoms with Crippen molar-refractivity contribution in [2.75, 3.05) is 6.61 Å². The van der Waals surface area contributed by atoms with E-state index in [0.717, 1.165) is 0 Å². The van der Waals surface area contributed by atoms with Crippen LogP contribution in [0.25, 0.3) is 0 Å². The van der Waals surface area contributed by atoms with Crippen molar-refractivity contribution >= 4 is 0 Å². The molecule has 0 aromatic rings. The molecule has 4 heteroatoms. The van der Waals surface area contributed by atoms with Crippen LogP contribution in [0.2, 0.25) is 0 Å². The van der Waals surface area contributed by atoms with Gasteiger partial charge in [0.15, 0.2) is 5.34 Å². The molecule has 0 fully saturated rings. The van der Waals surface area contributed by atoms with Crippen molar-refractivity contribution in [3.05, 3.63) is 4.91 Å². The molecular formula is C2H6NNaO2. The smallest absolute Gasteiger partial charge is 1.00 e. The Bertz CT molecular complexity index is 36.9. The van der Waals surface area contributed by atoms with Crippen LogP contribution in [-0.4, -0.2) is 6.61 Å². The Morgan fingerprint density at radius 1 is 2.00 bits per heavy atom. The molecule has 0 aliphatic rings. The molecule has 0 spiro atoms. The van der Waals surface area contributed by atoms with Crippen LogP contribution in [0.5, 0.6) is 0 Å². The van der Waals surface area contributed by atoms with Crippen LogP contribution in [0.3, 0.4) is 0 Å². The van der Waals surface area contributed by atoms with Gasteiger partial charge in [-0.25, -0.2) is 0 Å². The van der Waals surface area contributed by atoms with Gasteiger partial charge in [0, 0.05) is 0 Å². The van der Waals surface area contributed by atoms with Crippen LogP contribution in [0.15, 0.2) is 5.34 Å². The fraction of sp³-hybridized carbons (Fsp3) is 1.00. The van der Waals surface area contributed by atoms with Gasteiger partial charge in [0.2, 0.25) is 0 Å². The van der Waals surface area contributed by atoms with E-state index in [1.807, 2.05) is 0 Å². The van der Waals surface area contributed by atoms with Crippen molar-refractivity contribution in [2.24, 2.45) is 5.34 Å². The molecule has 0 N–H and O–H groups in total. The van der Waals surface area contributed by atoms with Crippen LogP contribution >= 0.6 is 0 Å². The van der Waals surface area contributed by atoms with Crippen molar-refractivity contribution in [3.63, 3.8) is 0 Å². The summed E-state index contributed by atoms with van der Waals surface area (Å²) in [5.74, 6) is 0. The van der Waals surface area contributed by atoms with Crippen molar-refractivity contribution in [3.8, 4) is 0 Å². The third-order valence-corrected chi connectivity index (χ3v) is 0.182. The van der Waals surface area contributed by atoms with Crippen LogP contribution in [0, 0.1) is 4.91 Å². The minimum Gasteiger partial charge on any atom is -1.00 e. The zero-order valence-corrected chi connectivity index (χ0v) is 5.97. The summed E-state index contributed by atoms with van der Waals surface area (Å²) in [6.45, 7) is 2.06. The molecule has 3 nitrogen and oxygen atoms in total. The van der Waals surface area contributed by atoms with Gasteiger partial charge in [-0.3, -0.25) is 0 Å². The normalized spacial score (nSPS) is 5.50. The van der Waals surface area contributed by atoms with E-state index in [1.165, 1.54) is 0 Å². The average Bonchev–Trinajstić information content (AvgIpc) is 1.41. The van der Waals surface area contributed by atoms with E-state index in [9.17, 15) is 0 Å². The van der Waals surface area contributed by atoms with E-state index >= 15 is 0 Å². The molecule has 6 heavy (non-hydrogen) atoms. The summed E-state index contributed by atoms with van der Waals surface area (Å²) < 4.78 is 0. The molecule has 0 saturated heterocycles. The van der Waals surface area contributed by atoms with Crippen molar-refractivity contribution in [1.82, 2.24) is 0 Å². The van der Waals surface area contributed by atoms with E-state index in [1.54, 1.807) is 6.92 Å². The number of hydrogen-bond donors (Lipinski definition) is 0. The third-order valence-electron chi connectivity index (χ3n) is 0.182. The van der Waals surface area contributed by atoms with Crippen LogP contribution in [-0.2, 0) is 4.84 Å². The fourth-order valence-electron chi connectivity index (χ4n) is 0.0527. The predicted molar refractivity (Wildman–Crippen MR) is 18.5 cm³/mol. The molecule has 0 unspecified atom stereocenters. The first-order chi connectivity index (χ1) is 2.41. The number of hydrogen-bond acceptors (Lipinski definition) is 3. The van der Waals surface area contributed by atoms with Gasteiger partial charge in [0.25, 0.3) is 0 Å². The zero-order chi connectivity index (χ0) is 4.12. The van der Waals surface area contributed by atoms with E-state index in [0.29, 0.717) is 6.61 Å². The molecule has 0 amide bonds. The standard InChI is InChI=1S/C2H5NO2.Na.H/c1-2-5-3-4;;/h2H2,1H3;;/q;+1;-1. The summed E-state index contributed by atoms with van der Waals surface area (Å²) in [5, 5.41) is 2.10. The Kier molecular flexibility index (Phi) is 14.5. The van der Waals surface area contributed by atoms with Crippen molar-refractivity contribution < 1.29 is 35.8 Å². The number of rotatable bonds is 2. The Labute approximate surface area is 59.8 Å². The topological polar surface area (TPSA) is 38.7 Å². The molecule has 0 atom stereocenters. The third kappa shape index (κ3) is 8.83. The minimum absolute atomic E-state index is 0. The van der Waals surface area contributed by atoms with Gasteiger partial charge >= 0.3 is 29.6 Å². The van der Waals surface area contributed by atoms with E-state index < -0.39 is 0 Å². The molecule has 0 heterocycles. The summed E-state index contributed by atoms with van der Waals surface area (Å²) in [4.78, 5) is 12.8. The first-order valence-corrected chi connectivity index (χ1v) is 1.36. The van der Waals surface area contributed by atoms with Crippen LogP contribution < -0.4 is 29.6 Å². The van der Waals surface area contributed by atoms with E-state index in [-0.39, 0.29) is 31.0 Å². The quantitative estimate of drug-likeness (QED) is 0.224. The summed E-state index contributed by atoms with van der Waals surface area (Å²) in [6, 6.07) is 0. The molecule has 0 aromatic heterocycles. The molecular weight excluding hydrogens is 93.0 g/mol. The summed E-state index contributed by atoms with van der Waals surface area (Å²) in [5.41, 5.74) is 0. The largest absolute Gasteiger partial charge is 1.00 e. The second-order valence-corrected chi connectivity index (χ2v) is 0.492. The van der Waals surface area contributed by atoms with Crippen LogP contribution in [0.1, 0.15) is 8.35 Å². The predicted octanol–water partition coefficient (Wildman–Crippen LogP) is -2.18. The maximum atomic E-state index is 8.93. The molecule has 0 saturated carbocycles. The molecule has 32 valence electrons. The Morgan fingerprint density at radius 3 is 2.50 bits per heavy atom. The SMILES string of the molecule is CCON=O.[H-].[Na+]. The Morgan fingerprint density at radius 2 is 2.50 bits per heavy atom. The molecule has 0 aliphatic heterocycles. The van der Waals surface area contributed by atoms with E-state index in [2.05, 4.69) is 10.2 Å². The monoisotopic (exact) mass is 99.0 g/mol. The first-order valence-electron chi connectivity index (χ1n) is 1.36. The zero-order valence-electron chi connectivity index (χ0n) is 4.97. The van der Waals surface area contributed by atoms with E-state index in [4.69, 9.17) is 4.91 Å². The van der Waals surface area contributed by atoms with Crippen molar-refractivity contribution in [2.45, 2.75) is 6.92 Å². The van der Waals surface area contributed by atoms with Crippen molar-refractivity contribution in [1.29, 1.82) is 0 Å². The maximum absolute atomic E-state index is 8.93. The van der Waals surface area contributed by atoms with Gasteiger partial charge in [-0.2, -0.15) is 0 Å². The summed E-state index contributed by atoms with van der Waals surface area (Å²) in [7, 11) is 0. The molecule has 0 aliphatic carbocycles. The van der Waals surface area contributed by atoms with Gasteiger partial charge in [-0.1, -0.05) is 0 Å². The van der Waals surface area contributed by atoms with Gasteiger partial charge < -0.3 is 6.26 Å². The average molecular weight is 99.1 g/mol. The molecule has 0 rings (SSSR count). The van der Waals surface area contributed by atoms with Gasteiger partial charge in [-0.15, -0.1) is 4.91 Å². The summed E-state index contributed by atoms with van der Waals surface area (Å²) >= 11 is 0. The second-order valence-electron chi connectivity index (χ2n) is 0.492. The maximum Gasteiger partial charge on any atom is 1.00 e. The molecule has 0 radical (unpaired) electrons. The molecule has 0 aromatic carbocycles. The fourth-order valence-corrected chi connectivity index (χ4v) is 0.0527. The second kappa shape index (κ2) is 9.04. The first kappa shape index (κ1) is 9.64. The Hall–Kier alpha value is 0.400. The van der Waals surface area contributed by atoms with Crippen LogP contribution in [0.4, 0.5) is 0 Å². The van der Waals surface area contributed by atoms with Gasteiger partial charge in [-0.05, 0) is 6.92 Å². The Balaban J connectivity index is -0.0000000800. The number of nitrogens with zero attached hydrogens (tertiary/aromatic N) is 1. The van der Waals surface area contributed by atoms with Gasteiger partial charge in [0.1, 0.15) is 6.61 Å². The summed E-state index contributed by atoms with van der Waals surface area (Å²) in [6.07, 6.45) is 0. The minimum atomic E-state index is 0. The van der Waals surface area contributed by atoms with Gasteiger partial charge in [0.05, 0.1) is 0 Å². The molecule has 0 bridgehead atoms.